The molecule has 0 aliphatic heterocycles. The summed E-state index contributed by atoms with van der Waals surface area (Å²) >= 11 is 1.68. The van der Waals surface area contributed by atoms with E-state index in [4.69, 9.17) is 0 Å². The molecule has 0 rings (SSSR count). The van der Waals surface area contributed by atoms with Gasteiger partial charge in [0, 0.05) is 13.1 Å². The lowest BCUT2D eigenvalue weighted by Crippen LogP contribution is -2.42. The highest BCUT2D eigenvalue weighted by Gasteiger charge is 2.20. The van der Waals surface area contributed by atoms with Gasteiger partial charge in [0.15, 0.2) is 0 Å². The average Bonchev–Trinajstić information content (AvgIpc) is 2.19. The molecule has 0 aromatic rings. The van der Waals surface area contributed by atoms with E-state index in [-0.39, 0.29) is 5.91 Å². The Morgan fingerprint density at radius 3 is 2.44 bits per heavy atom. The maximum Gasteiger partial charge on any atom is 0.232 e. The van der Waals surface area contributed by atoms with Gasteiger partial charge in [-0.15, -0.1) is 0 Å². The van der Waals surface area contributed by atoms with E-state index in [0.29, 0.717) is 18.8 Å². The Bertz CT molecular complexity index is 202. The second kappa shape index (κ2) is 7.96. The van der Waals surface area contributed by atoms with Gasteiger partial charge in [0.2, 0.25) is 5.91 Å². The van der Waals surface area contributed by atoms with Crippen molar-refractivity contribution in [2.75, 3.05) is 24.6 Å². The first-order valence-corrected chi connectivity index (χ1v) is 7.14. The van der Waals surface area contributed by atoms with Gasteiger partial charge in [-0.05, 0) is 32.9 Å². The van der Waals surface area contributed by atoms with Crippen LogP contribution in [0.4, 0.5) is 0 Å². The van der Waals surface area contributed by atoms with Crippen LogP contribution in [-0.4, -0.2) is 46.1 Å². The van der Waals surface area contributed by atoms with Gasteiger partial charge < -0.3 is 10.0 Å². The second-order valence-electron chi connectivity index (χ2n) is 4.63. The predicted octanol–water partition coefficient (Wildman–Crippen LogP) is 2.14. The number of unbranched alkanes of at least 4 members (excludes halogenated alkanes) is 1. The average molecular weight is 247 g/mol. The summed E-state index contributed by atoms with van der Waals surface area (Å²) in [5.74, 6) is 1.71. The third-order valence-corrected chi connectivity index (χ3v) is 3.21. The molecule has 0 saturated carbocycles. The van der Waals surface area contributed by atoms with E-state index < -0.39 is 5.60 Å². The highest BCUT2D eigenvalue weighted by molar-refractivity contribution is 7.99. The van der Waals surface area contributed by atoms with Crippen LogP contribution in [0.1, 0.15) is 40.5 Å². The normalized spacial score (nSPS) is 11.6. The molecule has 0 aromatic carbocycles. The molecule has 1 N–H and O–H groups in total. The molecule has 0 saturated heterocycles. The van der Waals surface area contributed by atoms with Crippen molar-refractivity contribution in [1.29, 1.82) is 0 Å². The minimum Gasteiger partial charge on any atom is -0.389 e. The van der Waals surface area contributed by atoms with E-state index >= 15 is 0 Å². The molecule has 1 amide bonds. The van der Waals surface area contributed by atoms with Crippen molar-refractivity contribution < 1.29 is 9.90 Å². The molecule has 0 heterocycles. The fraction of sp³-hybridized carbons (Fsp3) is 0.917. The molecule has 0 spiro atoms. The monoisotopic (exact) mass is 247 g/mol. The molecule has 0 aliphatic rings. The first kappa shape index (κ1) is 15.8. The highest BCUT2D eigenvalue weighted by atomic mass is 32.2. The standard InChI is InChI=1S/C12H25NO2S/c1-5-7-8-16-9-11(14)13(6-2)10-12(3,4)15/h15H,5-10H2,1-4H3. The SMILES string of the molecule is CCCCSCC(=O)N(CC)CC(C)(C)O. The molecule has 0 bridgehead atoms. The third kappa shape index (κ3) is 7.99. The van der Waals surface area contributed by atoms with Crippen LogP contribution in [0.25, 0.3) is 0 Å². The van der Waals surface area contributed by atoms with Crippen LogP contribution in [-0.2, 0) is 4.79 Å². The molecule has 4 heteroatoms. The Morgan fingerprint density at radius 2 is 2.00 bits per heavy atom. The van der Waals surface area contributed by atoms with Crippen molar-refractivity contribution in [2.24, 2.45) is 0 Å². The molecule has 16 heavy (non-hydrogen) atoms. The highest BCUT2D eigenvalue weighted by Crippen LogP contribution is 2.09. The van der Waals surface area contributed by atoms with E-state index in [2.05, 4.69) is 6.92 Å². The van der Waals surface area contributed by atoms with Crippen LogP contribution in [0.2, 0.25) is 0 Å². The summed E-state index contributed by atoms with van der Waals surface area (Å²) in [4.78, 5) is 13.5. The number of carbonyl (C=O) groups excluding carboxylic acids is 1. The van der Waals surface area contributed by atoms with E-state index in [1.165, 1.54) is 6.42 Å². The summed E-state index contributed by atoms with van der Waals surface area (Å²) < 4.78 is 0. The number of thioether (sulfide) groups is 1. The van der Waals surface area contributed by atoms with Crippen molar-refractivity contribution in [3.05, 3.63) is 0 Å². The Kier molecular flexibility index (Phi) is 7.85. The van der Waals surface area contributed by atoms with Gasteiger partial charge in [-0.1, -0.05) is 13.3 Å². The van der Waals surface area contributed by atoms with Gasteiger partial charge >= 0.3 is 0 Å². The zero-order chi connectivity index (χ0) is 12.6. The van der Waals surface area contributed by atoms with Crippen LogP contribution < -0.4 is 0 Å². The van der Waals surface area contributed by atoms with E-state index in [1.807, 2.05) is 6.92 Å². The molecule has 0 aliphatic carbocycles. The molecule has 0 fully saturated rings. The number of hydrogen-bond donors (Lipinski definition) is 1. The summed E-state index contributed by atoms with van der Waals surface area (Å²) in [6.45, 7) is 8.63. The van der Waals surface area contributed by atoms with Gasteiger partial charge in [-0.3, -0.25) is 4.79 Å². The van der Waals surface area contributed by atoms with E-state index in [0.717, 1.165) is 12.2 Å². The Morgan fingerprint density at radius 1 is 1.38 bits per heavy atom. The van der Waals surface area contributed by atoms with Crippen LogP contribution in [0, 0.1) is 0 Å². The molecule has 0 radical (unpaired) electrons. The number of nitrogens with zero attached hydrogens (tertiary/aromatic N) is 1. The molecular formula is C12H25NO2S. The molecule has 0 atom stereocenters. The third-order valence-electron chi connectivity index (χ3n) is 2.18. The van der Waals surface area contributed by atoms with Crippen LogP contribution in [0.3, 0.4) is 0 Å². The van der Waals surface area contributed by atoms with Gasteiger partial charge in [-0.2, -0.15) is 11.8 Å². The number of hydrogen-bond acceptors (Lipinski definition) is 3. The van der Waals surface area contributed by atoms with Gasteiger partial charge in [-0.25, -0.2) is 0 Å². The minimum atomic E-state index is -0.806. The zero-order valence-electron chi connectivity index (χ0n) is 11.0. The number of carbonyl (C=O) groups is 1. The number of likely N-dealkylation sites (N-methyl/N-ethyl adjacent to an activating group) is 1. The topological polar surface area (TPSA) is 40.5 Å². The maximum atomic E-state index is 11.8. The zero-order valence-corrected chi connectivity index (χ0v) is 11.8. The summed E-state index contributed by atoms with van der Waals surface area (Å²) in [6, 6.07) is 0. The van der Waals surface area contributed by atoms with Crippen LogP contribution in [0.5, 0.6) is 0 Å². The summed E-state index contributed by atoms with van der Waals surface area (Å²) in [6.07, 6.45) is 2.33. The number of rotatable bonds is 8. The van der Waals surface area contributed by atoms with Crippen LogP contribution in [0.15, 0.2) is 0 Å². The predicted molar refractivity (Wildman–Crippen MR) is 70.8 cm³/mol. The summed E-state index contributed by atoms with van der Waals surface area (Å²) in [7, 11) is 0. The largest absolute Gasteiger partial charge is 0.389 e. The lowest BCUT2D eigenvalue weighted by atomic mass is 10.1. The molecule has 0 unspecified atom stereocenters. The lowest BCUT2D eigenvalue weighted by molar-refractivity contribution is -0.131. The first-order valence-electron chi connectivity index (χ1n) is 5.98. The maximum absolute atomic E-state index is 11.8. The Labute approximate surface area is 104 Å². The number of amides is 1. The van der Waals surface area contributed by atoms with Gasteiger partial charge in [0.1, 0.15) is 0 Å². The summed E-state index contributed by atoms with van der Waals surface area (Å²) in [5.41, 5.74) is -0.806. The molecular weight excluding hydrogens is 222 g/mol. The first-order chi connectivity index (χ1) is 7.40. The minimum absolute atomic E-state index is 0.130. The summed E-state index contributed by atoms with van der Waals surface area (Å²) in [5, 5.41) is 9.68. The Balaban J connectivity index is 3.92. The van der Waals surface area contributed by atoms with Crippen LogP contribution >= 0.6 is 11.8 Å². The molecule has 0 aromatic heterocycles. The van der Waals surface area contributed by atoms with Crippen molar-refractivity contribution >= 4 is 17.7 Å². The van der Waals surface area contributed by atoms with Crippen molar-refractivity contribution in [1.82, 2.24) is 4.90 Å². The molecule has 96 valence electrons. The van der Waals surface area contributed by atoms with Crippen molar-refractivity contribution in [3.8, 4) is 0 Å². The van der Waals surface area contributed by atoms with Gasteiger partial charge in [0.25, 0.3) is 0 Å². The molecule has 3 nitrogen and oxygen atoms in total. The smallest absolute Gasteiger partial charge is 0.232 e. The lowest BCUT2D eigenvalue weighted by Gasteiger charge is -2.28. The fourth-order valence-corrected chi connectivity index (χ4v) is 2.33. The van der Waals surface area contributed by atoms with Crippen molar-refractivity contribution in [2.45, 2.75) is 46.1 Å². The number of aliphatic hydroxyl groups is 1. The van der Waals surface area contributed by atoms with Gasteiger partial charge in [0.05, 0.1) is 11.4 Å². The quantitative estimate of drug-likeness (QED) is 0.668. The van der Waals surface area contributed by atoms with E-state index in [1.54, 1.807) is 30.5 Å². The van der Waals surface area contributed by atoms with E-state index in [9.17, 15) is 9.90 Å². The van der Waals surface area contributed by atoms with Crippen molar-refractivity contribution in [3.63, 3.8) is 0 Å². The second-order valence-corrected chi connectivity index (χ2v) is 5.73. The Hall–Kier alpha value is -0.220. The fourth-order valence-electron chi connectivity index (χ4n) is 1.34.